The number of hydrogen-bond acceptors (Lipinski definition) is 4. The molecular formula is C27H35N3O2. The number of aryl methyl sites for hydroxylation is 1. The molecule has 1 fully saturated rings. The summed E-state index contributed by atoms with van der Waals surface area (Å²) < 4.78 is 7.22. The molecule has 1 aromatic heterocycles. The molecule has 1 aliphatic heterocycles. The zero-order chi connectivity index (χ0) is 22.3. The Kier molecular flexibility index (Phi) is 7.59. The van der Waals surface area contributed by atoms with Gasteiger partial charge in [0.15, 0.2) is 0 Å². The van der Waals surface area contributed by atoms with Gasteiger partial charge in [-0.2, -0.15) is 0 Å². The molecule has 5 heteroatoms. The number of hydrogen-bond donors (Lipinski definition) is 1. The van der Waals surface area contributed by atoms with Crippen LogP contribution in [0.2, 0.25) is 0 Å². The second-order valence-corrected chi connectivity index (χ2v) is 8.97. The van der Waals surface area contributed by atoms with Gasteiger partial charge >= 0.3 is 0 Å². The number of nitrogens with two attached hydrogens (primary N) is 1. The average molecular weight is 434 g/mol. The summed E-state index contributed by atoms with van der Waals surface area (Å²) in [5.41, 5.74) is 10.3. The molecule has 1 atom stereocenters. The van der Waals surface area contributed by atoms with Crippen molar-refractivity contribution in [1.82, 2.24) is 9.55 Å². The van der Waals surface area contributed by atoms with E-state index in [1.807, 2.05) is 18.2 Å². The number of nitrogen functional groups attached to an aromatic ring is 1. The van der Waals surface area contributed by atoms with Crippen LogP contribution < -0.4 is 11.3 Å². The summed E-state index contributed by atoms with van der Waals surface area (Å²) in [5.74, 6) is 0.254. The van der Waals surface area contributed by atoms with Gasteiger partial charge in [0, 0.05) is 6.61 Å². The van der Waals surface area contributed by atoms with Crippen molar-refractivity contribution in [2.24, 2.45) is 0 Å². The summed E-state index contributed by atoms with van der Waals surface area (Å²) >= 11 is 0. The van der Waals surface area contributed by atoms with E-state index in [4.69, 9.17) is 10.5 Å². The molecule has 170 valence electrons. The fourth-order valence-electron chi connectivity index (χ4n) is 4.56. The quantitative estimate of drug-likeness (QED) is 0.415. The van der Waals surface area contributed by atoms with Gasteiger partial charge in [0.25, 0.3) is 5.56 Å². The minimum absolute atomic E-state index is 0.0448. The normalized spacial score (nSPS) is 16.1. The molecule has 1 unspecified atom stereocenters. The smallest absolute Gasteiger partial charge is 0.262 e. The molecule has 0 aliphatic carbocycles. The van der Waals surface area contributed by atoms with Gasteiger partial charge in [-0.25, -0.2) is 4.98 Å². The number of rotatable bonds is 10. The van der Waals surface area contributed by atoms with Crippen molar-refractivity contribution in [2.45, 2.75) is 77.4 Å². The molecule has 0 spiro atoms. The third-order valence-electron chi connectivity index (χ3n) is 6.50. The van der Waals surface area contributed by atoms with Crippen molar-refractivity contribution < 1.29 is 4.74 Å². The molecule has 0 bridgehead atoms. The predicted octanol–water partition coefficient (Wildman–Crippen LogP) is 5.73. The van der Waals surface area contributed by atoms with Crippen LogP contribution in [0.15, 0.2) is 47.3 Å². The van der Waals surface area contributed by atoms with Crippen molar-refractivity contribution in [1.29, 1.82) is 0 Å². The summed E-state index contributed by atoms with van der Waals surface area (Å²) in [6.45, 7) is 3.47. The Morgan fingerprint density at radius 2 is 1.78 bits per heavy atom. The molecule has 0 amide bonds. The van der Waals surface area contributed by atoms with Crippen molar-refractivity contribution in [3.63, 3.8) is 0 Å². The molecule has 2 heterocycles. The third kappa shape index (κ3) is 5.39. The maximum absolute atomic E-state index is 13.0. The highest BCUT2D eigenvalue weighted by atomic mass is 16.5. The van der Waals surface area contributed by atoms with Crippen molar-refractivity contribution in [2.75, 3.05) is 12.3 Å². The van der Waals surface area contributed by atoms with Crippen LogP contribution >= 0.6 is 0 Å². The number of ether oxygens (including phenoxy) is 1. The van der Waals surface area contributed by atoms with Crippen LogP contribution in [0.4, 0.5) is 5.95 Å². The molecule has 3 aromatic rings. The first-order chi connectivity index (χ1) is 15.7. The lowest BCUT2D eigenvalue weighted by atomic mass is 10.00. The molecule has 5 nitrogen and oxygen atoms in total. The van der Waals surface area contributed by atoms with Crippen molar-refractivity contribution in [3.05, 3.63) is 58.4 Å². The van der Waals surface area contributed by atoms with E-state index >= 15 is 0 Å². The van der Waals surface area contributed by atoms with E-state index in [0.717, 1.165) is 37.0 Å². The Morgan fingerprint density at radius 1 is 1.03 bits per heavy atom. The van der Waals surface area contributed by atoms with E-state index in [9.17, 15) is 4.79 Å². The van der Waals surface area contributed by atoms with Gasteiger partial charge in [0.05, 0.1) is 23.6 Å². The van der Waals surface area contributed by atoms with Crippen LogP contribution in [0.5, 0.6) is 0 Å². The van der Waals surface area contributed by atoms with Gasteiger partial charge in [0.2, 0.25) is 5.95 Å². The fourth-order valence-corrected chi connectivity index (χ4v) is 4.56. The van der Waals surface area contributed by atoms with E-state index in [0.29, 0.717) is 17.4 Å². The number of anilines is 1. The summed E-state index contributed by atoms with van der Waals surface area (Å²) in [7, 11) is 0. The maximum Gasteiger partial charge on any atom is 0.262 e. The van der Waals surface area contributed by atoms with Gasteiger partial charge in [-0.15, -0.1) is 0 Å². The zero-order valence-electron chi connectivity index (χ0n) is 19.2. The van der Waals surface area contributed by atoms with Crippen molar-refractivity contribution >= 4 is 16.9 Å². The summed E-state index contributed by atoms with van der Waals surface area (Å²) in [6.07, 6.45) is 11.1. The molecule has 1 aliphatic rings. The molecular weight excluding hydrogens is 398 g/mol. The van der Waals surface area contributed by atoms with Crippen LogP contribution in [-0.4, -0.2) is 22.3 Å². The molecule has 0 saturated carbocycles. The van der Waals surface area contributed by atoms with Gasteiger partial charge in [0.1, 0.15) is 0 Å². The lowest BCUT2D eigenvalue weighted by Crippen LogP contribution is -2.29. The van der Waals surface area contributed by atoms with Crippen LogP contribution in [0.25, 0.3) is 22.0 Å². The van der Waals surface area contributed by atoms with Crippen molar-refractivity contribution in [3.8, 4) is 11.1 Å². The lowest BCUT2D eigenvalue weighted by molar-refractivity contribution is 0.0966. The SMILES string of the molecule is CCCCCCCCc1ccc(-c2ccc3c(=O)n(CC4CCCO4)c(N)nc3c2)cc1. The Bertz CT molecular complexity index is 1080. The second kappa shape index (κ2) is 10.8. The van der Waals surface area contributed by atoms with Gasteiger partial charge in [-0.05, 0) is 54.5 Å². The summed E-state index contributed by atoms with van der Waals surface area (Å²) in [4.78, 5) is 17.5. The number of benzene rings is 2. The number of fused-ring (bicyclic) bond motifs is 1. The van der Waals surface area contributed by atoms with Crippen LogP contribution in [0, 0.1) is 0 Å². The Balaban J connectivity index is 1.46. The number of aromatic nitrogens is 2. The van der Waals surface area contributed by atoms with E-state index in [1.54, 1.807) is 4.57 Å². The highest BCUT2D eigenvalue weighted by Crippen LogP contribution is 2.24. The molecule has 32 heavy (non-hydrogen) atoms. The van der Waals surface area contributed by atoms with Crippen LogP contribution in [-0.2, 0) is 17.7 Å². The van der Waals surface area contributed by atoms with Gasteiger partial charge in [-0.3, -0.25) is 9.36 Å². The first kappa shape index (κ1) is 22.5. The first-order valence-corrected chi connectivity index (χ1v) is 12.2. The standard InChI is InChI=1S/C27H35N3O2/c1-2-3-4-5-6-7-9-20-11-13-21(14-12-20)22-15-16-24-25(18-22)29-27(28)30(26(24)31)19-23-10-8-17-32-23/h11-16,18,23H,2-10,17,19H2,1H3,(H2,28,29). The van der Waals surface area contributed by atoms with Crippen LogP contribution in [0.1, 0.15) is 63.9 Å². The monoisotopic (exact) mass is 433 g/mol. The lowest BCUT2D eigenvalue weighted by Gasteiger charge is -2.14. The third-order valence-corrected chi connectivity index (χ3v) is 6.50. The maximum atomic E-state index is 13.0. The Morgan fingerprint density at radius 3 is 2.53 bits per heavy atom. The molecule has 1 saturated heterocycles. The first-order valence-electron chi connectivity index (χ1n) is 12.2. The molecule has 4 rings (SSSR count). The number of unbranched alkanes of at least 4 members (excludes halogenated alkanes) is 5. The topological polar surface area (TPSA) is 70.1 Å². The van der Waals surface area contributed by atoms with Crippen LogP contribution in [0.3, 0.4) is 0 Å². The van der Waals surface area contributed by atoms with E-state index < -0.39 is 0 Å². The number of nitrogens with zero attached hydrogens (tertiary/aromatic N) is 2. The van der Waals surface area contributed by atoms with Gasteiger partial charge in [-0.1, -0.05) is 69.4 Å². The predicted molar refractivity (Wildman–Crippen MR) is 132 cm³/mol. The molecule has 2 aromatic carbocycles. The van der Waals surface area contributed by atoms with Gasteiger partial charge < -0.3 is 10.5 Å². The van der Waals surface area contributed by atoms with E-state index in [1.165, 1.54) is 44.1 Å². The van der Waals surface area contributed by atoms with E-state index in [2.05, 4.69) is 36.2 Å². The minimum Gasteiger partial charge on any atom is -0.376 e. The minimum atomic E-state index is -0.0937. The van der Waals surface area contributed by atoms with E-state index in [-0.39, 0.29) is 17.6 Å². The largest absolute Gasteiger partial charge is 0.376 e. The zero-order valence-corrected chi connectivity index (χ0v) is 19.2. The molecule has 0 radical (unpaired) electrons. The highest BCUT2D eigenvalue weighted by Gasteiger charge is 2.19. The molecule has 2 N–H and O–H groups in total. The Labute approximate surface area is 190 Å². The Hall–Kier alpha value is -2.66. The summed E-state index contributed by atoms with van der Waals surface area (Å²) in [5, 5.41) is 0.598. The summed E-state index contributed by atoms with van der Waals surface area (Å²) in [6, 6.07) is 14.6. The highest BCUT2D eigenvalue weighted by molar-refractivity contribution is 5.84. The second-order valence-electron chi connectivity index (χ2n) is 8.97. The average Bonchev–Trinajstić information content (AvgIpc) is 3.32. The fraction of sp³-hybridized carbons (Fsp3) is 0.481.